The summed E-state index contributed by atoms with van der Waals surface area (Å²) in [5, 5.41) is 3.37. The molecule has 0 saturated heterocycles. The second kappa shape index (κ2) is 4.05. The Balaban J connectivity index is 2.53. The van der Waals surface area contributed by atoms with E-state index in [0.717, 1.165) is 24.5 Å². The highest BCUT2D eigenvalue weighted by Crippen LogP contribution is 2.37. The molecule has 88 valence electrons. The molecular formula is C12H16FIN2. The lowest BCUT2D eigenvalue weighted by atomic mass is 9.97. The summed E-state index contributed by atoms with van der Waals surface area (Å²) < 4.78 is 14.3. The molecule has 0 amide bonds. The van der Waals surface area contributed by atoms with Crippen LogP contribution in [-0.4, -0.2) is 18.6 Å². The first-order valence-electron chi connectivity index (χ1n) is 5.46. The van der Waals surface area contributed by atoms with Gasteiger partial charge in [-0.25, -0.2) is 4.39 Å². The van der Waals surface area contributed by atoms with Gasteiger partial charge < -0.3 is 10.2 Å². The van der Waals surface area contributed by atoms with E-state index in [2.05, 4.69) is 31.0 Å². The average Bonchev–Trinajstić information content (AvgIpc) is 2.20. The van der Waals surface area contributed by atoms with Crippen molar-refractivity contribution < 1.29 is 4.39 Å². The molecule has 0 bridgehead atoms. The van der Waals surface area contributed by atoms with E-state index in [1.54, 1.807) is 6.07 Å². The van der Waals surface area contributed by atoms with E-state index in [1.807, 2.05) is 28.7 Å². The summed E-state index contributed by atoms with van der Waals surface area (Å²) in [5.74, 6) is -0.141. The van der Waals surface area contributed by atoms with Gasteiger partial charge >= 0.3 is 0 Å². The molecule has 0 aromatic heterocycles. The zero-order valence-electron chi connectivity index (χ0n) is 9.77. The first-order valence-corrected chi connectivity index (χ1v) is 6.54. The minimum atomic E-state index is -0.141. The highest BCUT2D eigenvalue weighted by Gasteiger charge is 2.32. The maximum Gasteiger partial charge on any atom is 0.138 e. The number of nitrogens with one attached hydrogen (secondary N) is 1. The molecular weight excluding hydrogens is 318 g/mol. The van der Waals surface area contributed by atoms with Crippen molar-refractivity contribution in [2.24, 2.45) is 0 Å². The summed E-state index contributed by atoms with van der Waals surface area (Å²) in [6.07, 6.45) is 0. The molecule has 16 heavy (non-hydrogen) atoms. The van der Waals surface area contributed by atoms with Crippen molar-refractivity contribution in [1.82, 2.24) is 0 Å². The van der Waals surface area contributed by atoms with Crippen LogP contribution in [0.25, 0.3) is 0 Å². The topological polar surface area (TPSA) is 15.3 Å². The Bertz CT molecular complexity index is 418. The highest BCUT2D eigenvalue weighted by atomic mass is 127. The molecule has 2 nitrogen and oxygen atoms in total. The van der Waals surface area contributed by atoms with Gasteiger partial charge in [0.05, 0.1) is 20.5 Å². The first kappa shape index (κ1) is 12.0. The first-order chi connectivity index (χ1) is 7.45. The number of likely N-dealkylation sites (N-methyl/N-ethyl adjacent to an activating group) is 1. The zero-order chi connectivity index (χ0) is 11.9. The van der Waals surface area contributed by atoms with Crippen molar-refractivity contribution in [2.45, 2.75) is 26.3 Å². The van der Waals surface area contributed by atoms with Gasteiger partial charge in [0.2, 0.25) is 0 Å². The van der Waals surface area contributed by atoms with E-state index in [1.165, 1.54) is 0 Å². The van der Waals surface area contributed by atoms with Crippen LogP contribution in [-0.2, 0) is 0 Å². The van der Waals surface area contributed by atoms with Gasteiger partial charge in [0.1, 0.15) is 5.82 Å². The molecule has 0 atom stereocenters. The Hall–Kier alpha value is -0.520. The Morgan fingerprint density at radius 2 is 2.19 bits per heavy atom. The van der Waals surface area contributed by atoms with Crippen LogP contribution in [0.3, 0.4) is 0 Å². The van der Waals surface area contributed by atoms with Gasteiger partial charge in [0, 0.05) is 19.2 Å². The van der Waals surface area contributed by atoms with Crippen LogP contribution in [0.1, 0.15) is 20.8 Å². The van der Waals surface area contributed by atoms with Crippen molar-refractivity contribution in [3.63, 3.8) is 0 Å². The van der Waals surface area contributed by atoms with Crippen LogP contribution in [0.4, 0.5) is 15.8 Å². The maximum absolute atomic E-state index is 13.6. The van der Waals surface area contributed by atoms with Crippen LogP contribution >= 0.6 is 22.6 Å². The van der Waals surface area contributed by atoms with Gasteiger partial charge in [0.15, 0.2) is 0 Å². The number of hydrogen-bond acceptors (Lipinski definition) is 2. The lowest BCUT2D eigenvalue weighted by Gasteiger charge is -2.45. The number of halogens is 2. The average molecular weight is 334 g/mol. The summed E-state index contributed by atoms with van der Waals surface area (Å²) in [7, 11) is 0. The molecule has 0 fully saturated rings. The van der Waals surface area contributed by atoms with Gasteiger partial charge in [-0.3, -0.25) is 0 Å². The molecule has 1 aromatic rings. The molecule has 0 unspecified atom stereocenters. The standard InChI is InChI=1S/C12H16FIN2/c1-4-16-11-5-8(13)9(14)6-10(11)15-7-12(16,2)3/h5-6,15H,4,7H2,1-3H3. The highest BCUT2D eigenvalue weighted by molar-refractivity contribution is 14.1. The smallest absolute Gasteiger partial charge is 0.138 e. The van der Waals surface area contributed by atoms with Gasteiger partial charge in [-0.05, 0) is 49.4 Å². The Labute approximate surface area is 109 Å². The molecule has 0 saturated carbocycles. The molecule has 2 rings (SSSR count). The third-order valence-corrected chi connectivity index (χ3v) is 3.91. The number of anilines is 2. The van der Waals surface area contributed by atoms with E-state index in [0.29, 0.717) is 3.57 Å². The predicted molar refractivity (Wildman–Crippen MR) is 74.7 cm³/mol. The van der Waals surface area contributed by atoms with E-state index in [9.17, 15) is 4.39 Å². The lowest BCUT2D eigenvalue weighted by Crippen LogP contribution is -2.52. The molecule has 1 aromatic carbocycles. The normalized spacial score (nSPS) is 17.9. The van der Waals surface area contributed by atoms with Crippen molar-refractivity contribution in [2.75, 3.05) is 23.3 Å². The summed E-state index contributed by atoms with van der Waals surface area (Å²) >= 11 is 2.02. The van der Waals surface area contributed by atoms with E-state index >= 15 is 0 Å². The van der Waals surface area contributed by atoms with E-state index in [-0.39, 0.29) is 11.4 Å². The molecule has 1 N–H and O–H groups in total. The molecule has 1 aliphatic heterocycles. The second-order valence-electron chi connectivity index (χ2n) is 4.69. The van der Waals surface area contributed by atoms with Crippen LogP contribution < -0.4 is 10.2 Å². The maximum atomic E-state index is 13.6. The summed E-state index contributed by atoms with van der Waals surface area (Å²) in [6.45, 7) is 8.22. The van der Waals surface area contributed by atoms with Crippen molar-refractivity contribution in [3.8, 4) is 0 Å². The van der Waals surface area contributed by atoms with Gasteiger partial charge in [-0.1, -0.05) is 0 Å². The Morgan fingerprint density at radius 3 is 2.81 bits per heavy atom. The molecule has 0 radical (unpaired) electrons. The Morgan fingerprint density at radius 1 is 1.50 bits per heavy atom. The van der Waals surface area contributed by atoms with Crippen LogP contribution in [0.2, 0.25) is 0 Å². The fourth-order valence-electron chi connectivity index (χ4n) is 2.23. The van der Waals surface area contributed by atoms with Crippen molar-refractivity contribution in [1.29, 1.82) is 0 Å². The van der Waals surface area contributed by atoms with E-state index in [4.69, 9.17) is 0 Å². The fourth-order valence-corrected chi connectivity index (χ4v) is 2.70. The third-order valence-electron chi connectivity index (χ3n) is 3.09. The number of rotatable bonds is 1. The van der Waals surface area contributed by atoms with Gasteiger partial charge in [0.25, 0.3) is 0 Å². The van der Waals surface area contributed by atoms with Crippen molar-refractivity contribution >= 4 is 34.0 Å². The van der Waals surface area contributed by atoms with Gasteiger partial charge in [-0.2, -0.15) is 0 Å². The molecule has 1 aliphatic rings. The largest absolute Gasteiger partial charge is 0.381 e. The number of benzene rings is 1. The van der Waals surface area contributed by atoms with Gasteiger partial charge in [-0.15, -0.1) is 0 Å². The Kier molecular flexibility index (Phi) is 3.03. The lowest BCUT2D eigenvalue weighted by molar-refractivity contribution is 0.478. The number of nitrogens with zero attached hydrogens (tertiary/aromatic N) is 1. The second-order valence-corrected chi connectivity index (χ2v) is 5.86. The van der Waals surface area contributed by atoms with Crippen LogP contribution in [0.15, 0.2) is 12.1 Å². The molecule has 1 heterocycles. The fraction of sp³-hybridized carbons (Fsp3) is 0.500. The SMILES string of the molecule is CCN1c2cc(F)c(I)cc2NCC1(C)C. The minimum absolute atomic E-state index is 0.0287. The van der Waals surface area contributed by atoms with Crippen LogP contribution in [0, 0.1) is 9.39 Å². The zero-order valence-corrected chi connectivity index (χ0v) is 11.9. The summed E-state index contributed by atoms with van der Waals surface area (Å²) in [6, 6.07) is 3.51. The van der Waals surface area contributed by atoms with Crippen molar-refractivity contribution in [3.05, 3.63) is 21.5 Å². The third kappa shape index (κ3) is 1.87. The molecule has 4 heteroatoms. The summed E-state index contributed by atoms with van der Waals surface area (Å²) in [5.41, 5.74) is 2.03. The molecule has 0 aliphatic carbocycles. The molecule has 0 spiro atoms. The number of hydrogen-bond donors (Lipinski definition) is 1. The predicted octanol–water partition coefficient (Wildman–Crippen LogP) is 3.46. The monoisotopic (exact) mass is 334 g/mol. The van der Waals surface area contributed by atoms with E-state index < -0.39 is 0 Å². The summed E-state index contributed by atoms with van der Waals surface area (Å²) in [4.78, 5) is 2.25. The van der Waals surface area contributed by atoms with Crippen LogP contribution in [0.5, 0.6) is 0 Å². The number of fused-ring (bicyclic) bond motifs is 1. The minimum Gasteiger partial charge on any atom is -0.381 e. The quantitative estimate of drug-likeness (QED) is 0.792.